The normalized spacial score (nSPS) is 25.4. The molecule has 0 aliphatic carbocycles. The van der Waals surface area contributed by atoms with Gasteiger partial charge in [-0.1, -0.05) is 26.7 Å². The molecule has 1 aliphatic heterocycles. The highest BCUT2D eigenvalue weighted by Crippen LogP contribution is 2.15. The van der Waals surface area contributed by atoms with Crippen molar-refractivity contribution in [3.8, 4) is 0 Å². The summed E-state index contributed by atoms with van der Waals surface area (Å²) in [4.78, 5) is 0. The van der Waals surface area contributed by atoms with Crippen LogP contribution in [0.5, 0.6) is 0 Å². The highest BCUT2D eigenvalue weighted by atomic mass is 16.5. The molecule has 1 saturated heterocycles. The molecular formula is C11H23NO. The summed E-state index contributed by atoms with van der Waals surface area (Å²) in [5.41, 5.74) is 0. The Morgan fingerprint density at radius 1 is 1.38 bits per heavy atom. The summed E-state index contributed by atoms with van der Waals surface area (Å²) in [5, 5.41) is 3.66. The number of hydrogen-bond donors (Lipinski definition) is 1. The van der Waals surface area contributed by atoms with Gasteiger partial charge in [-0.3, -0.25) is 0 Å². The van der Waals surface area contributed by atoms with Crippen LogP contribution in [0.25, 0.3) is 0 Å². The Balaban J connectivity index is 2.25. The lowest BCUT2D eigenvalue weighted by atomic mass is 9.95. The third-order valence-electron chi connectivity index (χ3n) is 3.18. The molecule has 1 heterocycles. The summed E-state index contributed by atoms with van der Waals surface area (Å²) in [6.07, 6.45) is 3.74. The predicted octanol–water partition coefficient (Wildman–Crippen LogP) is 2.19. The van der Waals surface area contributed by atoms with Crippen LogP contribution in [0.15, 0.2) is 0 Å². The monoisotopic (exact) mass is 185 g/mol. The average Bonchev–Trinajstić information content (AvgIpc) is 2.59. The Hall–Kier alpha value is -0.0800. The highest BCUT2D eigenvalue weighted by Gasteiger charge is 2.20. The standard InChI is InChI=1S/C11H23NO/c1-4-10(5-2)9(3)12-11-6-7-13-8-11/h9-12H,4-8H2,1-3H3. The van der Waals surface area contributed by atoms with E-state index in [4.69, 9.17) is 4.74 Å². The Bertz CT molecular complexity index is 128. The zero-order valence-electron chi connectivity index (χ0n) is 9.18. The van der Waals surface area contributed by atoms with Gasteiger partial charge in [-0.2, -0.15) is 0 Å². The van der Waals surface area contributed by atoms with Crippen molar-refractivity contribution in [2.45, 2.75) is 52.1 Å². The molecule has 0 aromatic heterocycles. The Labute approximate surface area is 82.0 Å². The molecular weight excluding hydrogens is 162 g/mol. The number of hydrogen-bond acceptors (Lipinski definition) is 2. The van der Waals surface area contributed by atoms with Crippen molar-refractivity contribution in [1.29, 1.82) is 0 Å². The number of rotatable bonds is 5. The van der Waals surface area contributed by atoms with Gasteiger partial charge in [-0.25, -0.2) is 0 Å². The summed E-state index contributed by atoms with van der Waals surface area (Å²) < 4.78 is 5.34. The van der Waals surface area contributed by atoms with E-state index in [0.29, 0.717) is 12.1 Å². The molecule has 2 unspecified atom stereocenters. The van der Waals surface area contributed by atoms with Gasteiger partial charge < -0.3 is 10.1 Å². The Morgan fingerprint density at radius 3 is 2.54 bits per heavy atom. The van der Waals surface area contributed by atoms with Gasteiger partial charge in [0.1, 0.15) is 0 Å². The van der Waals surface area contributed by atoms with Crippen LogP contribution in [0.4, 0.5) is 0 Å². The molecule has 13 heavy (non-hydrogen) atoms. The van der Waals surface area contributed by atoms with Crippen molar-refractivity contribution in [2.75, 3.05) is 13.2 Å². The van der Waals surface area contributed by atoms with Gasteiger partial charge in [-0.15, -0.1) is 0 Å². The first-order chi connectivity index (χ1) is 6.27. The van der Waals surface area contributed by atoms with Gasteiger partial charge in [0.2, 0.25) is 0 Å². The van der Waals surface area contributed by atoms with Crippen LogP contribution in [-0.4, -0.2) is 25.3 Å². The Morgan fingerprint density at radius 2 is 2.08 bits per heavy atom. The molecule has 2 atom stereocenters. The quantitative estimate of drug-likeness (QED) is 0.709. The second-order valence-corrected chi connectivity index (χ2v) is 4.09. The van der Waals surface area contributed by atoms with Crippen molar-refractivity contribution >= 4 is 0 Å². The summed E-state index contributed by atoms with van der Waals surface area (Å²) in [7, 11) is 0. The SMILES string of the molecule is CCC(CC)C(C)NC1CCOC1. The van der Waals surface area contributed by atoms with Gasteiger partial charge in [0.05, 0.1) is 6.61 Å². The van der Waals surface area contributed by atoms with E-state index in [1.807, 2.05) is 0 Å². The van der Waals surface area contributed by atoms with Gasteiger partial charge in [0.15, 0.2) is 0 Å². The molecule has 1 fully saturated rings. The molecule has 0 aromatic rings. The second kappa shape index (κ2) is 5.61. The zero-order chi connectivity index (χ0) is 9.68. The molecule has 1 N–H and O–H groups in total. The molecule has 0 spiro atoms. The molecule has 2 nitrogen and oxygen atoms in total. The summed E-state index contributed by atoms with van der Waals surface area (Å²) in [6.45, 7) is 8.70. The van der Waals surface area contributed by atoms with Crippen molar-refractivity contribution in [1.82, 2.24) is 5.32 Å². The maximum atomic E-state index is 5.34. The summed E-state index contributed by atoms with van der Waals surface area (Å²) in [5.74, 6) is 0.820. The maximum absolute atomic E-state index is 5.34. The van der Waals surface area contributed by atoms with Crippen LogP contribution >= 0.6 is 0 Å². The van der Waals surface area contributed by atoms with Crippen molar-refractivity contribution in [3.63, 3.8) is 0 Å². The van der Waals surface area contributed by atoms with E-state index >= 15 is 0 Å². The second-order valence-electron chi connectivity index (χ2n) is 4.09. The van der Waals surface area contributed by atoms with Crippen LogP contribution in [0, 0.1) is 5.92 Å². The third-order valence-corrected chi connectivity index (χ3v) is 3.18. The first-order valence-corrected chi connectivity index (χ1v) is 5.61. The van der Waals surface area contributed by atoms with Gasteiger partial charge in [0, 0.05) is 18.7 Å². The molecule has 0 bridgehead atoms. The maximum Gasteiger partial charge on any atom is 0.0620 e. The van der Waals surface area contributed by atoms with Gasteiger partial charge >= 0.3 is 0 Å². The predicted molar refractivity (Wildman–Crippen MR) is 55.9 cm³/mol. The minimum Gasteiger partial charge on any atom is -0.380 e. The molecule has 0 amide bonds. The van der Waals surface area contributed by atoms with Crippen molar-refractivity contribution < 1.29 is 4.74 Å². The van der Waals surface area contributed by atoms with E-state index in [1.54, 1.807) is 0 Å². The zero-order valence-corrected chi connectivity index (χ0v) is 9.18. The highest BCUT2D eigenvalue weighted by molar-refractivity contribution is 4.78. The average molecular weight is 185 g/mol. The fourth-order valence-electron chi connectivity index (χ4n) is 2.17. The van der Waals surface area contributed by atoms with Gasteiger partial charge in [-0.05, 0) is 19.3 Å². The lowest BCUT2D eigenvalue weighted by Gasteiger charge is -2.25. The summed E-state index contributed by atoms with van der Waals surface area (Å²) >= 11 is 0. The van der Waals surface area contributed by atoms with Crippen LogP contribution < -0.4 is 5.32 Å². The van der Waals surface area contributed by atoms with Crippen LogP contribution in [0.1, 0.15) is 40.0 Å². The summed E-state index contributed by atoms with van der Waals surface area (Å²) in [6, 6.07) is 1.25. The van der Waals surface area contributed by atoms with E-state index in [9.17, 15) is 0 Å². The Kier molecular flexibility index (Phi) is 4.74. The molecule has 0 saturated carbocycles. The topological polar surface area (TPSA) is 21.3 Å². The molecule has 2 heteroatoms. The van der Waals surface area contributed by atoms with Crippen LogP contribution in [-0.2, 0) is 4.74 Å². The number of nitrogens with one attached hydrogen (secondary N) is 1. The van der Waals surface area contributed by atoms with Crippen LogP contribution in [0.2, 0.25) is 0 Å². The fourth-order valence-corrected chi connectivity index (χ4v) is 2.17. The molecule has 78 valence electrons. The van der Waals surface area contributed by atoms with E-state index in [2.05, 4.69) is 26.1 Å². The van der Waals surface area contributed by atoms with E-state index in [0.717, 1.165) is 19.1 Å². The third kappa shape index (κ3) is 3.28. The molecule has 0 aromatic carbocycles. The lowest BCUT2D eigenvalue weighted by molar-refractivity contribution is 0.185. The van der Waals surface area contributed by atoms with Gasteiger partial charge in [0.25, 0.3) is 0 Å². The number of ether oxygens (including phenoxy) is 1. The molecule has 1 aliphatic rings. The van der Waals surface area contributed by atoms with E-state index < -0.39 is 0 Å². The first kappa shape index (κ1) is 11.0. The minimum atomic E-state index is 0.607. The lowest BCUT2D eigenvalue weighted by Crippen LogP contribution is -2.41. The molecule has 1 rings (SSSR count). The van der Waals surface area contributed by atoms with E-state index in [-0.39, 0.29) is 0 Å². The largest absolute Gasteiger partial charge is 0.380 e. The minimum absolute atomic E-state index is 0.607. The smallest absolute Gasteiger partial charge is 0.0620 e. The van der Waals surface area contributed by atoms with Crippen molar-refractivity contribution in [2.24, 2.45) is 5.92 Å². The van der Waals surface area contributed by atoms with E-state index in [1.165, 1.54) is 19.3 Å². The first-order valence-electron chi connectivity index (χ1n) is 5.61. The van der Waals surface area contributed by atoms with Crippen molar-refractivity contribution in [3.05, 3.63) is 0 Å². The van der Waals surface area contributed by atoms with Crippen LogP contribution in [0.3, 0.4) is 0 Å². The molecule has 0 radical (unpaired) electrons. The fraction of sp³-hybridized carbons (Fsp3) is 1.00.